The average molecular weight is 266 g/mol. The lowest BCUT2D eigenvalue weighted by Crippen LogP contribution is -2.41. The summed E-state index contributed by atoms with van der Waals surface area (Å²) < 4.78 is 13.2. The fourth-order valence-electron chi connectivity index (χ4n) is 2.73. The molecule has 104 valence electrons. The molecule has 0 aromatic carbocycles. The van der Waals surface area contributed by atoms with E-state index in [1.54, 1.807) is 0 Å². The summed E-state index contributed by atoms with van der Waals surface area (Å²) in [6.07, 6.45) is 6.39. The van der Waals surface area contributed by atoms with E-state index in [2.05, 4.69) is 11.9 Å². The first-order chi connectivity index (χ1) is 9.13. The van der Waals surface area contributed by atoms with Gasteiger partial charge in [0, 0.05) is 12.6 Å². The predicted octanol–water partition coefficient (Wildman–Crippen LogP) is 3.08. The number of carboxylic acid groups (broad SMARTS) is 1. The number of carboxylic acids is 1. The van der Waals surface area contributed by atoms with Crippen molar-refractivity contribution in [1.29, 1.82) is 0 Å². The second-order valence-electron chi connectivity index (χ2n) is 4.96. The largest absolute Gasteiger partial charge is 0.478 e. The molecule has 1 N–H and O–H groups in total. The number of carbonyl (C=O) groups is 1. The molecule has 1 saturated heterocycles. The molecular formula is C14H19FN2O2. The first-order valence-corrected chi connectivity index (χ1v) is 6.79. The molecule has 1 unspecified atom stereocenters. The van der Waals surface area contributed by atoms with Crippen LogP contribution < -0.4 is 4.90 Å². The smallest absolute Gasteiger partial charge is 0.339 e. The number of halogens is 1. The van der Waals surface area contributed by atoms with E-state index in [-0.39, 0.29) is 5.56 Å². The quantitative estimate of drug-likeness (QED) is 0.910. The topological polar surface area (TPSA) is 53.4 Å². The third-order valence-electron chi connectivity index (χ3n) is 3.58. The van der Waals surface area contributed by atoms with Gasteiger partial charge in [0.1, 0.15) is 17.2 Å². The van der Waals surface area contributed by atoms with Gasteiger partial charge in [-0.2, -0.15) is 0 Å². The maximum absolute atomic E-state index is 13.2. The van der Waals surface area contributed by atoms with Gasteiger partial charge in [0.15, 0.2) is 0 Å². The summed E-state index contributed by atoms with van der Waals surface area (Å²) in [5, 5.41) is 9.20. The van der Waals surface area contributed by atoms with E-state index in [4.69, 9.17) is 0 Å². The van der Waals surface area contributed by atoms with Crippen molar-refractivity contribution in [1.82, 2.24) is 4.98 Å². The average Bonchev–Trinajstić information content (AvgIpc) is 2.40. The summed E-state index contributed by atoms with van der Waals surface area (Å²) in [6, 6.07) is 1.37. The number of aromatic nitrogens is 1. The van der Waals surface area contributed by atoms with Crippen LogP contribution in [0.25, 0.3) is 0 Å². The number of anilines is 1. The van der Waals surface area contributed by atoms with Gasteiger partial charge in [-0.15, -0.1) is 0 Å². The molecule has 1 aromatic rings. The zero-order valence-corrected chi connectivity index (χ0v) is 11.1. The highest BCUT2D eigenvalue weighted by molar-refractivity contribution is 5.93. The molecule has 19 heavy (non-hydrogen) atoms. The molecule has 5 heteroatoms. The Morgan fingerprint density at radius 1 is 1.58 bits per heavy atom. The second-order valence-corrected chi connectivity index (χ2v) is 4.96. The molecular weight excluding hydrogens is 247 g/mol. The molecule has 0 amide bonds. The van der Waals surface area contributed by atoms with Crippen molar-refractivity contribution < 1.29 is 14.3 Å². The molecule has 1 atom stereocenters. The van der Waals surface area contributed by atoms with Crippen molar-refractivity contribution in [2.45, 2.75) is 45.1 Å². The van der Waals surface area contributed by atoms with Crippen LogP contribution in [-0.4, -0.2) is 28.6 Å². The van der Waals surface area contributed by atoms with Gasteiger partial charge in [-0.1, -0.05) is 13.3 Å². The summed E-state index contributed by atoms with van der Waals surface area (Å²) in [5.41, 5.74) is -0.0389. The number of pyridine rings is 1. The van der Waals surface area contributed by atoms with Crippen LogP contribution >= 0.6 is 0 Å². The van der Waals surface area contributed by atoms with Crippen molar-refractivity contribution >= 4 is 11.8 Å². The second kappa shape index (κ2) is 5.99. The number of aromatic carboxylic acids is 1. The van der Waals surface area contributed by atoms with Crippen LogP contribution in [0, 0.1) is 5.82 Å². The molecule has 0 aliphatic carbocycles. The van der Waals surface area contributed by atoms with E-state index >= 15 is 0 Å². The van der Waals surface area contributed by atoms with Gasteiger partial charge in [-0.3, -0.25) is 0 Å². The highest BCUT2D eigenvalue weighted by Gasteiger charge is 2.26. The Bertz CT molecular complexity index is 463. The normalized spacial score (nSPS) is 19.5. The van der Waals surface area contributed by atoms with Gasteiger partial charge in [0.05, 0.1) is 6.20 Å². The predicted molar refractivity (Wildman–Crippen MR) is 71.0 cm³/mol. The number of hydrogen-bond donors (Lipinski definition) is 1. The first kappa shape index (κ1) is 13.8. The summed E-state index contributed by atoms with van der Waals surface area (Å²) in [4.78, 5) is 17.3. The molecule has 0 bridgehead atoms. The Hall–Kier alpha value is -1.65. The lowest BCUT2D eigenvalue weighted by atomic mass is 9.97. The van der Waals surface area contributed by atoms with Crippen molar-refractivity contribution in [2.24, 2.45) is 0 Å². The van der Waals surface area contributed by atoms with Crippen molar-refractivity contribution in [3.63, 3.8) is 0 Å². The summed E-state index contributed by atoms with van der Waals surface area (Å²) in [7, 11) is 0. The number of nitrogens with zero attached hydrogens (tertiary/aromatic N) is 2. The van der Waals surface area contributed by atoms with E-state index in [1.165, 1.54) is 0 Å². The van der Waals surface area contributed by atoms with Crippen LogP contribution in [0.3, 0.4) is 0 Å². The van der Waals surface area contributed by atoms with Crippen LogP contribution in [0.2, 0.25) is 0 Å². The molecule has 1 aliphatic rings. The summed E-state index contributed by atoms with van der Waals surface area (Å²) in [5.74, 6) is -1.32. The van der Waals surface area contributed by atoms with E-state index in [0.717, 1.165) is 50.9 Å². The van der Waals surface area contributed by atoms with Crippen molar-refractivity contribution in [3.8, 4) is 0 Å². The van der Waals surface area contributed by atoms with Gasteiger partial charge >= 0.3 is 5.97 Å². The standard InChI is InChI=1S/C14H19FN2O2/c1-2-5-11-6-3-4-7-17(11)13-12(14(18)19)8-10(15)9-16-13/h8-9,11H,2-7H2,1H3,(H,18,19). The molecule has 0 radical (unpaired) electrons. The van der Waals surface area contributed by atoms with E-state index in [1.807, 2.05) is 4.90 Å². The Kier molecular flexibility index (Phi) is 4.35. The minimum atomic E-state index is -1.12. The Morgan fingerprint density at radius 2 is 2.37 bits per heavy atom. The van der Waals surface area contributed by atoms with E-state index < -0.39 is 11.8 Å². The minimum absolute atomic E-state index is 0.0389. The van der Waals surface area contributed by atoms with Crippen LogP contribution in [0.5, 0.6) is 0 Å². The number of piperidine rings is 1. The molecule has 1 aliphatic heterocycles. The maximum atomic E-state index is 13.2. The molecule has 1 fully saturated rings. The third-order valence-corrected chi connectivity index (χ3v) is 3.58. The molecule has 1 aromatic heterocycles. The van der Waals surface area contributed by atoms with Crippen molar-refractivity contribution in [3.05, 3.63) is 23.6 Å². The number of hydrogen-bond acceptors (Lipinski definition) is 3. The van der Waals surface area contributed by atoms with Gasteiger partial charge in [0.25, 0.3) is 0 Å². The van der Waals surface area contributed by atoms with Gasteiger partial charge in [0.2, 0.25) is 0 Å². The lowest BCUT2D eigenvalue weighted by Gasteiger charge is -2.37. The molecule has 0 saturated carbocycles. The van der Waals surface area contributed by atoms with Crippen molar-refractivity contribution in [2.75, 3.05) is 11.4 Å². The SMILES string of the molecule is CCCC1CCCCN1c1ncc(F)cc1C(=O)O. The fourth-order valence-corrected chi connectivity index (χ4v) is 2.73. The van der Waals surface area contributed by atoms with Crippen LogP contribution in [0.4, 0.5) is 10.2 Å². The molecule has 4 nitrogen and oxygen atoms in total. The van der Waals surface area contributed by atoms with Gasteiger partial charge in [-0.05, 0) is 31.7 Å². The first-order valence-electron chi connectivity index (χ1n) is 6.79. The fraction of sp³-hybridized carbons (Fsp3) is 0.571. The van der Waals surface area contributed by atoms with Crippen LogP contribution in [-0.2, 0) is 0 Å². The monoisotopic (exact) mass is 266 g/mol. The van der Waals surface area contributed by atoms with E-state index in [9.17, 15) is 14.3 Å². The van der Waals surface area contributed by atoms with Crippen LogP contribution in [0.1, 0.15) is 49.4 Å². The summed E-state index contributed by atoms with van der Waals surface area (Å²) >= 11 is 0. The lowest BCUT2D eigenvalue weighted by molar-refractivity contribution is 0.0696. The summed E-state index contributed by atoms with van der Waals surface area (Å²) in [6.45, 7) is 2.91. The number of rotatable bonds is 4. The Labute approximate surface area is 112 Å². The van der Waals surface area contributed by atoms with Crippen LogP contribution in [0.15, 0.2) is 12.3 Å². The molecule has 0 spiro atoms. The molecule has 2 rings (SSSR count). The zero-order chi connectivity index (χ0) is 13.8. The van der Waals surface area contributed by atoms with Gasteiger partial charge < -0.3 is 10.0 Å². The Balaban J connectivity index is 2.35. The van der Waals surface area contributed by atoms with Gasteiger partial charge in [-0.25, -0.2) is 14.2 Å². The van der Waals surface area contributed by atoms with E-state index in [0.29, 0.717) is 11.9 Å². The Morgan fingerprint density at radius 3 is 3.05 bits per heavy atom. The highest BCUT2D eigenvalue weighted by Crippen LogP contribution is 2.28. The molecule has 2 heterocycles. The third kappa shape index (κ3) is 3.03. The minimum Gasteiger partial charge on any atom is -0.478 e. The zero-order valence-electron chi connectivity index (χ0n) is 11.1. The highest BCUT2D eigenvalue weighted by atomic mass is 19.1. The maximum Gasteiger partial charge on any atom is 0.339 e.